The van der Waals surface area contributed by atoms with Gasteiger partial charge in [0.2, 0.25) is 5.88 Å². The highest BCUT2D eigenvalue weighted by Crippen LogP contribution is 2.23. The van der Waals surface area contributed by atoms with Crippen molar-refractivity contribution >= 4 is 5.91 Å². The quantitative estimate of drug-likeness (QED) is 0.549. The Morgan fingerprint density at radius 3 is 2.50 bits per heavy atom. The van der Waals surface area contributed by atoms with Crippen LogP contribution in [0, 0.1) is 5.82 Å². The molecule has 0 aliphatic carbocycles. The normalized spacial score (nSPS) is 11.5. The molecule has 0 aliphatic heterocycles. The zero-order valence-corrected chi connectivity index (χ0v) is 18.0. The minimum atomic E-state index is -0.835. The van der Waals surface area contributed by atoms with E-state index in [2.05, 4.69) is 10.4 Å². The van der Waals surface area contributed by atoms with E-state index in [9.17, 15) is 14.0 Å². The highest BCUT2D eigenvalue weighted by molar-refractivity contribution is 5.81. The molecule has 0 unspecified atom stereocenters. The number of hydrogen-bond donors (Lipinski definition) is 1. The van der Waals surface area contributed by atoms with Crippen LogP contribution in [0.4, 0.5) is 4.39 Å². The first-order valence-corrected chi connectivity index (χ1v) is 9.96. The summed E-state index contributed by atoms with van der Waals surface area (Å²) in [5.41, 5.74) is 0.717. The third-order valence-corrected chi connectivity index (χ3v) is 4.71. The minimum Gasteiger partial charge on any atom is -0.497 e. The van der Waals surface area contributed by atoms with Gasteiger partial charge in [0.15, 0.2) is 6.10 Å². The number of halogens is 1. The molecule has 1 atom stereocenters. The minimum absolute atomic E-state index is 0.0925. The van der Waals surface area contributed by atoms with Crippen LogP contribution in [0.15, 0.2) is 59.4 Å². The summed E-state index contributed by atoms with van der Waals surface area (Å²) in [6.07, 6.45) is -0.461. The van der Waals surface area contributed by atoms with Gasteiger partial charge in [-0.15, -0.1) is 5.10 Å². The van der Waals surface area contributed by atoms with Crippen molar-refractivity contribution in [3.63, 3.8) is 0 Å². The molecule has 0 saturated carbocycles. The number of rotatable bonds is 9. The van der Waals surface area contributed by atoms with Crippen LogP contribution in [-0.2, 0) is 11.3 Å². The highest BCUT2D eigenvalue weighted by Gasteiger charge is 2.20. The third kappa shape index (κ3) is 5.42. The van der Waals surface area contributed by atoms with Gasteiger partial charge in [0.05, 0.1) is 19.9 Å². The lowest BCUT2D eigenvalue weighted by Gasteiger charge is -2.18. The number of amides is 1. The second kappa shape index (κ2) is 10.4. The molecule has 0 fully saturated rings. The van der Waals surface area contributed by atoms with Gasteiger partial charge < -0.3 is 19.5 Å². The largest absolute Gasteiger partial charge is 0.497 e. The second-order valence-electron chi connectivity index (χ2n) is 6.81. The zero-order chi connectivity index (χ0) is 23.1. The van der Waals surface area contributed by atoms with E-state index < -0.39 is 17.5 Å². The number of aromatic nitrogens is 2. The maximum absolute atomic E-state index is 13.2. The van der Waals surface area contributed by atoms with Crippen LogP contribution in [-0.4, -0.2) is 36.0 Å². The summed E-state index contributed by atoms with van der Waals surface area (Å²) in [5.74, 6) is 0.580. The van der Waals surface area contributed by atoms with Crippen molar-refractivity contribution in [1.29, 1.82) is 0 Å². The van der Waals surface area contributed by atoms with Crippen LogP contribution in [0.3, 0.4) is 0 Å². The molecule has 1 N–H and O–H groups in total. The van der Waals surface area contributed by atoms with E-state index >= 15 is 0 Å². The average molecular weight is 441 g/mol. The molecule has 32 heavy (non-hydrogen) atoms. The first kappa shape index (κ1) is 22.8. The number of nitrogens with zero attached hydrogens (tertiary/aromatic N) is 2. The van der Waals surface area contributed by atoms with Crippen molar-refractivity contribution in [2.45, 2.75) is 26.0 Å². The fourth-order valence-electron chi connectivity index (χ4n) is 3.01. The van der Waals surface area contributed by atoms with Gasteiger partial charge in [-0.2, -0.15) is 4.68 Å². The summed E-state index contributed by atoms with van der Waals surface area (Å²) in [5, 5.41) is 6.98. The Morgan fingerprint density at radius 2 is 1.84 bits per heavy atom. The van der Waals surface area contributed by atoms with E-state index in [4.69, 9.17) is 14.2 Å². The summed E-state index contributed by atoms with van der Waals surface area (Å²) < 4.78 is 30.6. The first-order chi connectivity index (χ1) is 15.4. The van der Waals surface area contributed by atoms with E-state index in [-0.39, 0.29) is 18.3 Å². The van der Waals surface area contributed by atoms with Crippen LogP contribution in [0.5, 0.6) is 17.4 Å². The molecule has 168 valence electrons. The van der Waals surface area contributed by atoms with Crippen molar-refractivity contribution < 1.29 is 23.4 Å². The molecule has 3 rings (SSSR count). The van der Waals surface area contributed by atoms with Gasteiger partial charge >= 0.3 is 0 Å². The molecule has 1 heterocycles. The predicted molar refractivity (Wildman–Crippen MR) is 116 cm³/mol. The van der Waals surface area contributed by atoms with Crippen LogP contribution < -0.4 is 25.1 Å². The van der Waals surface area contributed by atoms with Gasteiger partial charge in [-0.05, 0) is 48.9 Å². The van der Waals surface area contributed by atoms with Crippen molar-refractivity contribution in [2.24, 2.45) is 0 Å². The van der Waals surface area contributed by atoms with E-state index in [0.717, 1.165) is 10.2 Å². The molecule has 0 radical (unpaired) electrons. The molecule has 0 saturated heterocycles. The molecule has 1 aromatic heterocycles. The SMILES string of the molecule is CC[C@@H](Oc1ccc(=O)n(-c2ccc(F)cc2)n1)C(=O)NCc1cc(OC)ccc1OC. The Balaban J connectivity index is 1.72. The van der Waals surface area contributed by atoms with E-state index in [1.807, 2.05) is 0 Å². The van der Waals surface area contributed by atoms with Crippen LogP contribution >= 0.6 is 0 Å². The summed E-state index contributed by atoms with van der Waals surface area (Å²) in [7, 11) is 3.11. The van der Waals surface area contributed by atoms with Crippen LogP contribution in [0.1, 0.15) is 18.9 Å². The molecule has 0 spiro atoms. The number of carbonyl (C=O) groups is 1. The van der Waals surface area contributed by atoms with Crippen molar-refractivity contribution in [3.8, 4) is 23.1 Å². The summed E-state index contributed by atoms with van der Waals surface area (Å²) >= 11 is 0. The Bertz CT molecular complexity index is 1130. The number of methoxy groups -OCH3 is 2. The van der Waals surface area contributed by atoms with E-state index in [1.165, 1.54) is 36.4 Å². The molecule has 9 heteroatoms. The van der Waals surface area contributed by atoms with Crippen molar-refractivity contribution in [1.82, 2.24) is 15.1 Å². The van der Waals surface area contributed by atoms with Crippen molar-refractivity contribution in [2.75, 3.05) is 14.2 Å². The topological polar surface area (TPSA) is 91.7 Å². The molecule has 3 aromatic rings. The van der Waals surface area contributed by atoms with Gasteiger partial charge in [-0.3, -0.25) is 9.59 Å². The molecular weight excluding hydrogens is 417 g/mol. The summed E-state index contributed by atoms with van der Waals surface area (Å²) in [4.78, 5) is 24.9. The fourth-order valence-corrected chi connectivity index (χ4v) is 3.01. The Morgan fingerprint density at radius 1 is 1.09 bits per heavy atom. The average Bonchev–Trinajstić information content (AvgIpc) is 2.82. The number of ether oxygens (including phenoxy) is 3. The Labute approximate surface area is 184 Å². The monoisotopic (exact) mass is 441 g/mol. The fraction of sp³-hybridized carbons (Fsp3) is 0.261. The maximum atomic E-state index is 13.2. The zero-order valence-electron chi connectivity index (χ0n) is 18.0. The number of hydrogen-bond acceptors (Lipinski definition) is 6. The van der Waals surface area contributed by atoms with Crippen LogP contribution in [0.2, 0.25) is 0 Å². The number of carbonyl (C=O) groups excluding carboxylic acids is 1. The van der Waals surface area contributed by atoms with Crippen molar-refractivity contribution in [3.05, 3.63) is 76.3 Å². The molecule has 1 amide bonds. The second-order valence-corrected chi connectivity index (χ2v) is 6.81. The lowest BCUT2D eigenvalue weighted by Crippen LogP contribution is -2.38. The molecule has 2 aromatic carbocycles. The molecular formula is C23H24FN3O5. The summed E-state index contributed by atoms with van der Waals surface area (Å²) in [6.45, 7) is 2.01. The Hall–Kier alpha value is -3.88. The van der Waals surface area contributed by atoms with E-state index in [1.54, 1.807) is 39.3 Å². The van der Waals surface area contributed by atoms with Crippen LogP contribution in [0.25, 0.3) is 5.69 Å². The molecule has 0 aliphatic rings. The van der Waals surface area contributed by atoms with E-state index in [0.29, 0.717) is 23.6 Å². The smallest absolute Gasteiger partial charge is 0.271 e. The number of benzene rings is 2. The predicted octanol–water partition coefficient (Wildman–Crippen LogP) is 2.86. The van der Waals surface area contributed by atoms with Gasteiger partial charge in [0.25, 0.3) is 11.5 Å². The standard InChI is InChI=1S/C23H24FN3O5/c1-4-19(23(29)25-14-15-13-18(30-2)9-10-20(15)31-3)32-21-11-12-22(28)27(26-21)17-7-5-16(24)6-8-17/h5-13,19H,4,14H2,1-3H3,(H,25,29)/t19-/m1/s1. The lowest BCUT2D eigenvalue weighted by molar-refractivity contribution is -0.128. The van der Waals surface area contributed by atoms with Gasteiger partial charge in [0, 0.05) is 24.2 Å². The van der Waals surface area contributed by atoms with Gasteiger partial charge in [-0.25, -0.2) is 4.39 Å². The molecule has 0 bridgehead atoms. The lowest BCUT2D eigenvalue weighted by atomic mass is 10.1. The highest BCUT2D eigenvalue weighted by atomic mass is 19.1. The number of nitrogens with one attached hydrogen (secondary N) is 1. The maximum Gasteiger partial charge on any atom is 0.271 e. The first-order valence-electron chi connectivity index (χ1n) is 9.96. The third-order valence-electron chi connectivity index (χ3n) is 4.71. The van der Waals surface area contributed by atoms with Gasteiger partial charge in [0.1, 0.15) is 17.3 Å². The Kier molecular flexibility index (Phi) is 7.43. The summed E-state index contributed by atoms with van der Waals surface area (Å²) in [6, 6.07) is 13.3. The molecule has 8 nitrogen and oxygen atoms in total. The van der Waals surface area contributed by atoms with Gasteiger partial charge in [-0.1, -0.05) is 6.92 Å².